The number of carbonyl (C=O) groups is 2. The van der Waals surface area contributed by atoms with Crippen LogP contribution < -0.4 is 9.64 Å². The largest absolute Gasteiger partial charge is 0.494 e. The summed E-state index contributed by atoms with van der Waals surface area (Å²) in [6.45, 7) is 1.82. The van der Waals surface area contributed by atoms with E-state index in [9.17, 15) is 14.0 Å². The molecular weight excluding hydrogens is 335 g/mol. The first kappa shape index (κ1) is 17.5. The van der Waals surface area contributed by atoms with Crippen LogP contribution in [-0.2, 0) is 16.0 Å². The van der Waals surface area contributed by atoms with Gasteiger partial charge in [-0.25, -0.2) is 4.39 Å². The Labute approximate surface area is 150 Å². The number of aryl methyl sites for hydroxylation is 1. The maximum Gasteiger partial charge on any atom is 0.220 e. The van der Waals surface area contributed by atoms with E-state index >= 15 is 0 Å². The fourth-order valence-electron chi connectivity index (χ4n) is 2.96. The fourth-order valence-corrected chi connectivity index (χ4v) is 2.96. The van der Waals surface area contributed by atoms with Gasteiger partial charge in [0.25, 0.3) is 0 Å². The SMILES string of the molecule is COc1c(C)cc(N(C=O)C=O)c2cc(Cc3ccc(F)cc3)cnc12. The van der Waals surface area contributed by atoms with Crippen molar-refractivity contribution in [1.82, 2.24) is 4.98 Å². The molecule has 132 valence electrons. The minimum atomic E-state index is -0.291. The molecule has 1 heterocycles. The van der Waals surface area contributed by atoms with Gasteiger partial charge in [0.2, 0.25) is 12.8 Å². The van der Waals surface area contributed by atoms with E-state index in [-0.39, 0.29) is 5.82 Å². The van der Waals surface area contributed by atoms with Gasteiger partial charge in [-0.2, -0.15) is 0 Å². The molecule has 0 aliphatic heterocycles. The standard InChI is InChI=1S/C20H17FN2O3/c1-13-7-18(23(11-24)12-25)17-9-15(10-22-19(17)20(13)26-2)8-14-3-5-16(21)6-4-14/h3-7,9-12H,8H2,1-2H3. The second-order valence-electron chi connectivity index (χ2n) is 5.91. The van der Waals surface area contributed by atoms with Crippen LogP contribution in [0.2, 0.25) is 0 Å². The number of nitrogens with zero attached hydrogens (tertiary/aromatic N) is 2. The van der Waals surface area contributed by atoms with E-state index in [4.69, 9.17) is 4.74 Å². The summed E-state index contributed by atoms with van der Waals surface area (Å²) < 4.78 is 18.5. The summed E-state index contributed by atoms with van der Waals surface area (Å²) in [6, 6.07) is 9.80. The highest BCUT2D eigenvalue weighted by Gasteiger charge is 2.16. The van der Waals surface area contributed by atoms with Crippen molar-refractivity contribution in [3.05, 3.63) is 65.1 Å². The molecule has 0 N–H and O–H groups in total. The first-order valence-electron chi connectivity index (χ1n) is 7.97. The molecule has 0 fully saturated rings. The summed E-state index contributed by atoms with van der Waals surface area (Å²) in [6.07, 6.45) is 3.17. The number of pyridine rings is 1. The first-order valence-corrected chi connectivity index (χ1v) is 7.97. The van der Waals surface area contributed by atoms with E-state index < -0.39 is 0 Å². The second-order valence-corrected chi connectivity index (χ2v) is 5.91. The summed E-state index contributed by atoms with van der Waals surface area (Å²) in [5.74, 6) is 0.300. The molecule has 3 aromatic rings. The molecule has 1 aromatic heterocycles. The smallest absolute Gasteiger partial charge is 0.220 e. The van der Waals surface area contributed by atoms with Crippen LogP contribution in [0.15, 0.2) is 42.6 Å². The molecule has 0 aliphatic carbocycles. The molecule has 2 aromatic carbocycles. The average molecular weight is 352 g/mol. The molecule has 0 saturated carbocycles. The third kappa shape index (κ3) is 3.26. The minimum absolute atomic E-state index is 0.291. The highest BCUT2D eigenvalue weighted by atomic mass is 19.1. The van der Waals surface area contributed by atoms with Gasteiger partial charge in [-0.3, -0.25) is 19.5 Å². The van der Waals surface area contributed by atoms with E-state index in [0.717, 1.165) is 21.6 Å². The van der Waals surface area contributed by atoms with E-state index in [1.165, 1.54) is 12.1 Å². The molecule has 0 aliphatic rings. The zero-order valence-electron chi connectivity index (χ0n) is 14.4. The second kappa shape index (κ2) is 7.31. The number of hydrogen-bond acceptors (Lipinski definition) is 4. The predicted molar refractivity (Wildman–Crippen MR) is 96.8 cm³/mol. The Balaban J connectivity index is 2.15. The van der Waals surface area contributed by atoms with Crippen LogP contribution in [0.3, 0.4) is 0 Å². The van der Waals surface area contributed by atoms with Crippen molar-refractivity contribution >= 4 is 29.4 Å². The zero-order valence-corrected chi connectivity index (χ0v) is 14.4. The molecule has 26 heavy (non-hydrogen) atoms. The number of halogens is 1. The van der Waals surface area contributed by atoms with Crippen molar-refractivity contribution in [2.75, 3.05) is 12.0 Å². The number of carbonyl (C=O) groups excluding carboxylic acids is 2. The number of ether oxygens (including phenoxy) is 1. The number of aromatic nitrogens is 1. The van der Waals surface area contributed by atoms with E-state index in [0.29, 0.717) is 41.6 Å². The van der Waals surface area contributed by atoms with Gasteiger partial charge < -0.3 is 4.74 Å². The van der Waals surface area contributed by atoms with Crippen molar-refractivity contribution in [2.45, 2.75) is 13.3 Å². The lowest BCUT2D eigenvalue weighted by Gasteiger charge is -2.17. The van der Waals surface area contributed by atoms with Crippen LogP contribution in [0.4, 0.5) is 10.1 Å². The number of benzene rings is 2. The van der Waals surface area contributed by atoms with Gasteiger partial charge in [-0.05, 0) is 54.3 Å². The van der Waals surface area contributed by atoms with Crippen molar-refractivity contribution in [2.24, 2.45) is 0 Å². The van der Waals surface area contributed by atoms with Crippen molar-refractivity contribution in [1.29, 1.82) is 0 Å². The van der Waals surface area contributed by atoms with E-state index in [2.05, 4.69) is 4.98 Å². The lowest BCUT2D eigenvalue weighted by molar-refractivity contribution is -0.113. The number of anilines is 1. The van der Waals surface area contributed by atoms with E-state index in [1.54, 1.807) is 31.5 Å². The highest BCUT2D eigenvalue weighted by molar-refractivity contribution is 6.07. The number of methoxy groups -OCH3 is 1. The normalized spacial score (nSPS) is 10.6. The van der Waals surface area contributed by atoms with Crippen LogP contribution in [-0.4, -0.2) is 24.9 Å². The van der Waals surface area contributed by atoms with Crippen LogP contribution in [0.1, 0.15) is 16.7 Å². The third-order valence-corrected chi connectivity index (χ3v) is 4.18. The molecule has 0 radical (unpaired) electrons. The molecule has 6 heteroatoms. The quantitative estimate of drug-likeness (QED) is 0.638. The molecule has 2 amide bonds. The monoisotopic (exact) mass is 352 g/mol. The van der Waals surface area contributed by atoms with Crippen LogP contribution in [0, 0.1) is 12.7 Å². The summed E-state index contributed by atoms with van der Waals surface area (Å²) in [4.78, 5) is 28.0. The Kier molecular flexibility index (Phi) is 4.93. The van der Waals surface area contributed by atoms with Crippen molar-refractivity contribution < 1.29 is 18.7 Å². The lowest BCUT2D eigenvalue weighted by Crippen LogP contribution is -2.19. The number of hydrogen-bond donors (Lipinski definition) is 0. The van der Waals surface area contributed by atoms with Gasteiger partial charge in [0.05, 0.1) is 12.8 Å². The summed E-state index contributed by atoms with van der Waals surface area (Å²) in [5.41, 5.74) is 3.57. The van der Waals surface area contributed by atoms with Gasteiger partial charge in [0.15, 0.2) is 0 Å². The van der Waals surface area contributed by atoms with Gasteiger partial charge >= 0.3 is 0 Å². The predicted octanol–water partition coefficient (Wildman–Crippen LogP) is 3.40. The maximum atomic E-state index is 13.1. The Hall–Kier alpha value is -3.28. The Morgan fingerprint density at radius 3 is 2.42 bits per heavy atom. The summed E-state index contributed by atoms with van der Waals surface area (Å²) in [7, 11) is 1.55. The summed E-state index contributed by atoms with van der Waals surface area (Å²) >= 11 is 0. The number of imide groups is 1. The lowest BCUT2D eigenvalue weighted by atomic mass is 10.0. The topological polar surface area (TPSA) is 59.5 Å². The average Bonchev–Trinajstić information content (AvgIpc) is 2.65. The molecular formula is C20H17FN2O3. The van der Waals surface area contributed by atoms with Crippen LogP contribution in [0.25, 0.3) is 10.9 Å². The number of rotatable bonds is 6. The molecule has 0 spiro atoms. The maximum absolute atomic E-state index is 13.1. The highest BCUT2D eigenvalue weighted by Crippen LogP contribution is 2.35. The zero-order chi connectivity index (χ0) is 18.7. The van der Waals surface area contributed by atoms with Gasteiger partial charge in [-0.1, -0.05) is 12.1 Å². The molecule has 0 unspecified atom stereocenters. The summed E-state index contributed by atoms with van der Waals surface area (Å²) in [5, 5.41) is 0.631. The number of amides is 2. The third-order valence-electron chi connectivity index (χ3n) is 4.18. The molecule has 0 atom stereocenters. The van der Waals surface area contributed by atoms with Crippen LogP contribution in [0.5, 0.6) is 5.75 Å². The molecule has 0 bridgehead atoms. The minimum Gasteiger partial charge on any atom is -0.494 e. The van der Waals surface area contributed by atoms with Crippen molar-refractivity contribution in [3.63, 3.8) is 0 Å². The molecule has 5 nitrogen and oxygen atoms in total. The molecule has 0 saturated heterocycles. The van der Waals surface area contributed by atoms with Crippen molar-refractivity contribution in [3.8, 4) is 5.75 Å². The Bertz CT molecular complexity index is 963. The Morgan fingerprint density at radius 1 is 1.12 bits per heavy atom. The van der Waals surface area contributed by atoms with E-state index in [1.807, 2.05) is 13.0 Å². The van der Waals surface area contributed by atoms with Gasteiger partial charge in [0.1, 0.15) is 17.1 Å². The fraction of sp³-hybridized carbons (Fsp3) is 0.150. The van der Waals surface area contributed by atoms with Gasteiger partial charge in [-0.15, -0.1) is 0 Å². The molecule has 3 rings (SSSR count). The van der Waals surface area contributed by atoms with Gasteiger partial charge in [0, 0.05) is 11.6 Å². The Morgan fingerprint density at radius 2 is 1.81 bits per heavy atom. The number of fused-ring (bicyclic) bond motifs is 1. The van der Waals surface area contributed by atoms with Crippen LogP contribution >= 0.6 is 0 Å². The first-order chi connectivity index (χ1) is 12.6.